The minimum Gasteiger partial charge on any atom is -0.389 e. The van der Waals surface area contributed by atoms with Gasteiger partial charge in [0.05, 0.1) is 18.9 Å². The van der Waals surface area contributed by atoms with Gasteiger partial charge in [-0.25, -0.2) is 13.5 Å². The normalized spacial score (nSPS) is 19.1. The molecule has 8 heteroatoms. The number of ether oxygens (including phenoxy) is 2. The van der Waals surface area contributed by atoms with Gasteiger partial charge in [0.2, 0.25) is 0 Å². The number of hydrogen-bond acceptors (Lipinski definition) is 5. The largest absolute Gasteiger partial charge is 0.389 e. The van der Waals surface area contributed by atoms with Crippen molar-refractivity contribution < 1.29 is 23.1 Å². The van der Waals surface area contributed by atoms with Crippen LogP contribution in [0.1, 0.15) is 31.4 Å². The van der Waals surface area contributed by atoms with Crippen LogP contribution in [0.15, 0.2) is 35.6 Å². The molecule has 1 aliphatic carbocycles. The predicted octanol–water partition coefficient (Wildman–Crippen LogP) is 3.34. The van der Waals surface area contributed by atoms with Crippen molar-refractivity contribution in [1.29, 1.82) is 0 Å². The van der Waals surface area contributed by atoms with E-state index in [1.54, 1.807) is 6.07 Å². The van der Waals surface area contributed by atoms with Crippen LogP contribution < -0.4 is 0 Å². The summed E-state index contributed by atoms with van der Waals surface area (Å²) in [5.41, 5.74) is 1.28. The first kappa shape index (κ1) is 17.1. The van der Waals surface area contributed by atoms with Crippen molar-refractivity contribution in [1.82, 2.24) is 9.78 Å². The molecule has 0 N–H and O–H groups in total. The van der Waals surface area contributed by atoms with Crippen molar-refractivity contribution in [3.05, 3.63) is 47.8 Å². The highest BCUT2D eigenvalue weighted by Crippen LogP contribution is 2.34. The molecule has 1 aromatic heterocycles. The van der Waals surface area contributed by atoms with E-state index in [1.807, 2.05) is 0 Å². The Kier molecular flexibility index (Phi) is 4.69. The number of hydrogen-bond donors (Lipinski definition) is 0. The molecule has 26 heavy (non-hydrogen) atoms. The van der Waals surface area contributed by atoms with Gasteiger partial charge in [-0.3, -0.25) is 0 Å². The maximum absolute atomic E-state index is 13.8. The Bertz CT molecular complexity index is 784. The Morgan fingerprint density at radius 2 is 1.81 bits per heavy atom. The first-order valence-corrected chi connectivity index (χ1v) is 8.60. The topological polar surface area (TPSA) is 57.9 Å². The molecule has 1 aromatic carbocycles. The van der Waals surface area contributed by atoms with E-state index in [9.17, 15) is 8.78 Å². The Hall–Kier alpha value is -2.32. The van der Waals surface area contributed by atoms with Crippen LogP contribution in [0.4, 0.5) is 8.78 Å². The van der Waals surface area contributed by atoms with Gasteiger partial charge < -0.3 is 14.3 Å². The second-order valence-electron chi connectivity index (χ2n) is 6.36. The van der Waals surface area contributed by atoms with E-state index in [-0.39, 0.29) is 12.3 Å². The zero-order chi connectivity index (χ0) is 18.0. The first-order chi connectivity index (χ1) is 12.7. The van der Waals surface area contributed by atoms with Crippen LogP contribution in [0.2, 0.25) is 0 Å². The van der Waals surface area contributed by atoms with E-state index in [2.05, 4.69) is 10.3 Å². The van der Waals surface area contributed by atoms with Crippen LogP contribution in [0.5, 0.6) is 0 Å². The lowest BCUT2D eigenvalue weighted by Crippen LogP contribution is -2.35. The molecule has 1 saturated carbocycles. The molecule has 2 aliphatic rings. The third kappa shape index (κ3) is 3.47. The van der Waals surface area contributed by atoms with Gasteiger partial charge in [-0.15, -0.1) is 0 Å². The van der Waals surface area contributed by atoms with E-state index >= 15 is 0 Å². The van der Waals surface area contributed by atoms with Gasteiger partial charge >= 0.3 is 0 Å². The summed E-state index contributed by atoms with van der Waals surface area (Å²) >= 11 is 0. The van der Waals surface area contributed by atoms with Gasteiger partial charge in [0.1, 0.15) is 11.4 Å². The first-order valence-electron chi connectivity index (χ1n) is 8.60. The molecule has 1 aliphatic heterocycles. The number of benzene rings is 1. The molecule has 4 rings (SSSR count). The lowest BCUT2D eigenvalue weighted by Gasteiger charge is -2.31. The summed E-state index contributed by atoms with van der Waals surface area (Å²) < 4.78 is 40.1. The highest BCUT2D eigenvalue weighted by molar-refractivity contribution is 5.84. The van der Waals surface area contributed by atoms with Gasteiger partial charge in [-0.2, -0.15) is 5.10 Å². The molecular weight excluding hydrogens is 344 g/mol. The van der Waals surface area contributed by atoms with Gasteiger partial charge in [-0.05, 0) is 31.0 Å². The van der Waals surface area contributed by atoms with Crippen molar-refractivity contribution in [2.24, 2.45) is 5.16 Å². The molecule has 138 valence electrons. The van der Waals surface area contributed by atoms with Crippen molar-refractivity contribution in [2.45, 2.75) is 38.1 Å². The number of nitrogens with zero attached hydrogens (tertiary/aromatic N) is 3. The van der Waals surface area contributed by atoms with Gasteiger partial charge in [0.15, 0.2) is 24.0 Å². The molecule has 0 atom stereocenters. The Morgan fingerprint density at radius 3 is 2.50 bits per heavy atom. The minimum atomic E-state index is -0.673. The van der Waals surface area contributed by atoms with Gasteiger partial charge in [0, 0.05) is 19.0 Å². The van der Waals surface area contributed by atoms with Crippen molar-refractivity contribution in [3.8, 4) is 5.69 Å². The van der Waals surface area contributed by atoms with Crippen LogP contribution in [-0.2, 0) is 20.9 Å². The molecule has 0 unspecified atom stereocenters. The van der Waals surface area contributed by atoms with Gasteiger partial charge in [-0.1, -0.05) is 11.2 Å². The molecule has 6 nitrogen and oxygen atoms in total. The smallest absolute Gasteiger partial charge is 0.169 e. The fourth-order valence-electron chi connectivity index (χ4n) is 3.26. The monoisotopic (exact) mass is 363 g/mol. The van der Waals surface area contributed by atoms with Crippen LogP contribution in [0.25, 0.3) is 5.69 Å². The quantitative estimate of drug-likeness (QED) is 0.782. The number of aromatic nitrogens is 2. The molecular formula is C18H19F2N3O3. The van der Waals surface area contributed by atoms with E-state index in [0.29, 0.717) is 18.9 Å². The average Bonchev–Trinajstić information content (AvgIpc) is 3.27. The highest BCUT2D eigenvalue weighted by Gasteiger charge is 2.39. The lowest BCUT2D eigenvalue weighted by molar-refractivity contribution is -0.168. The molecule has 0 radical (unpaired) electrons. The van der Waals surface area contributed by atoms with Crippen molar-refractivity contribution in [2.75, 3.05) is 13.2 Å². The Balaban J connectivity index is 1.34. The summed E-state index contributed by atoms with van der Waals surface area (Å²) in [6, 6.07) is 5.33. The fourth-order valence-corrected chi connectivity index (χ4v) is 3.26. The van der Waals surface area contributed by atoms with Crippen LogP contribution in [0, 0.1) is 11.6 Å². The third-order valence-electron chi connectivity index (χ3n) is 4.62. The Morgan fingerprint density at radius 1 is 1.12 bits per heavy atom. The number of halogens is 2. The van der Waals surface area contributed by atoms with E-state index in [1.165, 1.54) is 24.4 Å². The van der Waals surface area contributed by atoms with Crippen molar-refractivity contribution in [3.63, 3.8) is 0 Å². The summed E-state index contributed by atoms with van der Waals surface area (Å²) in [5, 5.41) is 8.30. The lowest BCUT2D eigenvalue weighted by atomic mass is 9.92. The maximum atomic E-state index is 13.8. The van der Waals surface area contributed by atoms with Crippen molar-refractivity contribution >= 4 is 5.71 Å². The summed E-state index contributed by atoms with van der Waals surface area (Å²) in [6.07, 6.45) is 4.56. The standard InChI is InChI=1S/C18H19F2N3O3/c19-15-2-1-3-16(20)17(15)23-9-6-14(21-23)12-26-22-13-4-7-18(8-5-13)24-10-11-25-18/h1-3,6,9H,4-5,7-8,10-12H2. The molecule has 2 fully saturated rings. The van der Waals surface area contributed by atoms with E-state index < -0.39 is 17.4 Å². The average molecular weight is 363 g/mol. The summed E-state index contributed by atoms with van der Waals surface area (Å²) in [7, 11) is 0. The van der Waals surface area contributed by atoms with Gasteiger partial charge in [0.25, 0.3) is 0 Å². The number of oxime groups is 1. The van der Waals surface area contributed by atoms with Crippen LogP contribution in [0.3, 0.4) is 0 Å². The second-order valence-corrected chi connectivity index (χ2v) is 6.36. The highest BCUT2D eigenvalue weighted by atomic mass is 19.1. The summed E-state index contributed by atoms with van der Waals surface area (Å²) in [4.78, 5) is 5.36. The third-order valence-corrected chi connectivity index (χ3v) is 4.62. The summed E-state index contributed by atoms with van der Waals surface area (Å²) in [6.45, 7) is 1.42. The second kappa shape index (κ2) is 7.13. The van der Waals surface area contributed by atoms with E-state index in [4.69, 9.17) is 14.3 Å². The minimum absolute atomic E-state index is 0.130. The molecule has 2 aromatic rings. The van der Waals surface area contributed by atoms with Crippen LogP contribution in [-0.4, -0.2) is 34.5 Å². The maximum Gasteiger partial charge on any atom is 0.169 e. The number of rotatable bonds is 4. The molecule has 0 bridgehead atoms. The molecule has 1 spiro atoms. The Labute approximate surface area is 149 Å². The predicted molar refractivity (Wildman–Crippen MR) is 88.8 cm³/mol. The number of para-hydroxylation sites is 1. The fraction of sp³-hybridized carbons (Fsp3) is 0.444. The zero-order valence-corrected chi connectivity index (χ0v) is 14.2. The molecule has 1 saturated heterocycles. The summed E-state index contributed by atoms with van der Waals surface area (Å²) in [5.74, 6) is -1.77. The molecule has 2 heterocycles. The molecule has 0 amide bonds. The van der Waals surface area contributed by atoms with E-state index in [0.717, 1.165) is 36.1 Å². The SMILES string of the molecule is Fc1cccc(F)c1-n1ccc(CON=C2CCC3(CC2)OCCO3)n1. The zero-order valence-electron chi connectivity index (χ0n) is 14.2. The van der Waals surface area contributed by atoms with Crippen LogP contribution >= 0.6 is 0 Å².